The van der Waals surface area contributed by atoms with Crippen molar-refractivity contribution in [2.45, 2.75) is 41.5 Å². The maximum atomic E-state index is 13.3. The van der Waals surface area contributed by atoms with Gasteiger partial charge in [-0.25, -0.2) is 9.38 Å². The molecule has 156 valence electrons. The number of hydrogen-bond donors (Lipinski definition) is 0. The van der Waals surface area contributed by atoms with Gasteiger partial charge in [0.05, 0.1) is 15.6 Å². The number of rotatable bonds is 2. The molecule has 3 heterocycles. The zero-order valence-electron chi connectivity index (χ0n) is 18.7. The van der Waals surface area contributed by atoms with Gasteiger partial charge in [-0.15, -0.1) is 0 Å². The molecule has 5 aromatic rings. The van der Waals surface area contributed by atoms with E-state index in [2.05, 4.69) is 82.5 Å². The molecule has 0 aliphatic heterocycles. The third-order valence-corrected chi connectivity index (χ3v) is 7.04. The predicted molar refractivity (Wildman–Crippen MR) is 130 cm³/mol. The number of hydrogen-bond acceptors (Lipinski definition) is 3. The minimum absolute atomic E-state index is 0.00181. The van der Waals surface area contributed by atoms with E-state index >= 15 is 0 Å². The topological polar surface area (TPSA) is 39.3 Å². The Hall–Kier alpha value is -3.18. The molecular formula is C26H25N3OS. The zero-order chi connectivity index (χ0) is 22.0. The SMILES string of the molecule is Cc1cc(C)cc(-n2c(C)cc(/C=c3\sc4nc5cc(C)c(C)cc5n4c3=O)c2C)c1. The van der Waals surface area contributed by atoms with Gasteiger partial charge in [0.25, 0.3) is 5.56 Å². The first kappa shape index (κ1) is 19.8. The minimum atomic E-state index is 0.00181. The fourth-order valence-corrected chi connectivity index (χ4v) is 5.45. The van der Waals surface area contributed by atoms with Crippen LogP contribution >= 0.6 is 11.3 Å². The van der Waals surface area contributed by atoms with Gasteiger partial charge >= 0.3 is 0 Å². The Morgan fingerprint density at radius 2 is 1.55 bits per heavy atom. The molecule has 0 unspecified atom stereocenters. The van der Waals surface area contributed by atoms with Crippen LogP contribution in [-0.2, 0) is 0 Å². The van der Waals surface area contributed by atoms with E-state index in [4.69, 9.17) is 4.98 Å². The van der Waals surface area contributed by atoms with E-state index in [0.717, 1.165) is 38.6 Å². The first-order chi connectivity index (χ1) is 14.7. The molecule has 0 fully saturated rings. The van der Waals surface area contributed by atoms with Gasteiger partial charge in [0.2, 0.25) is 0 Å². The molecule has 31 heavy (non-hydrogen) atoms. The second-order valence-electron chi connectivity index (χ2n) is 8.58. The number of thiazole rings is 1. The van der Waals surface area contributed by atoms with Crippen LogP contribution in [0.4, 0.5) is 0 Å². The summed E-state index contributed by atoms with van der Waals surface area (Å²) >= 11 is 1.46. The molecule has 0 aliphatic carbocycles. The van der Waals surface area contributed by atoms with Crippen LogP contribution in [0.15, 0.2) is 41.2 Å². The maximum absolute atomic E-state index is 13.3. The summed E-state index contributed by atoms with van der Waals surface area (Å²) in [5, 5.41) is 0. The molecule has 0 amide bonds. The third-order valence-electron chi connectivity index (χ3n) is 6.08. The van der Waals surface area contributed by atoms with Gasteiger partial charge in [0, 0.05) is 17.1 Å². The molecule has 0 radical (unpaired) electrons. The molecule has 0 N–H and O–H groups in total. The van der Waals surface area contributed by atoms with Crippen molar-refractivity contribution >= 4 is 33.4 Å². The summed E-state index contributed by atoms with van der Waals surface area (Å²) in [6.07, 6.45) is 2.01. The van der Waals surface area contributed by atoms with Crippen molar-refractivity contribution in [3.8, 4) is 5.69 Å². The van der Waals surface area contributed by atoms with E-state index < -0.39 is 0 Å². The molecule has 0 saturated heterocycles. The average molecular weight is 428 g/mol. The summed E-state index contributed by atoms with van der Waals surface area (Å²) in [4.78, 5) is 18.7. The molecule has 0 atom stereocenters. The molecule has 5 heteroatoms. The van der Waals surface area contributed by atoms with Crippen LogP contribution < -0.4 is 10.1 Å². The highest BCUT2D eigenvalue weighted by Gasteiger charge is 2.14. The highest BCUT2D eigenvalue weighted by Crippen LogP contribution is 2.24. The van der Waals surface area contributed by atoms with Crippen LogP contribution in [0.2, 0.25) is 0 Å². The van der Waals surface area contributed by atoms with Gasteiger partial charge in [0.15, 0.2) is 4.96 Å². The lowest BCUT2D eigenvalue weighted by Gasteiger charge is -2.11. The smallest absolute Gasteiger partial charge is 0.274 e. The number of aryl methyl sites for hydroxylation is 5. The number of aromatic nitrogens is 3. The molecule has 0 spiro atoms. The van der Waals surface area contributed by atoms with Crippen molar-refractivity contribution < 1.29 is 0 Å². The van der Waals surface area contributed by atoms with Crippen LogP contribution in [-0.4, -0.2) is 14.0 Å². The molecule has 3 aromatic heterocycles. The molecule has 0 saturated carbocycles. The number of fused-ring (bicyclic) bond motifs is 3. The van der Waals surface area contributed by atoms with E-state index in [0.29, 0.717) is 4.53 Å². The Balaban J connectivity index is 1.70. The van der Waals surface area contributed by atoms with Crippen molar-refractivity contribution in [1.29, 1.82) is 0 Å². The highest BCUT2D eigenvalue weighted by atomic mass is 32.1. The lowest BCUT2D eigenvalue weighted by Crippen LogP contribution is -2.22. The lowest BCUT2D eigenvalue weighted by molar-refractivity contribution is 0.960. The lowest BCUT2D eigenvalue weighted by atomic mass is 10.1. The van der Waals surface area contributed by atoms with Crippen molar-refractivity contribution in [2.75, 3.05) is 0 Å². The Kier molecular flexibility index (Phi) is 4.41. The predicted octanol–water partition coefficient (Wildman–Crippen LogP) is 5.10. The van der Waals surface area contributed by atoms with Crippen LogP contribution in [0.1, 0.15) is 39.2 Å². The standard InChI is InChI=1S/C26H25N3OS/c1-14-7-15(2)9-21(8-14)28-18(5)12-20(19(28)6)13-24-25(30)29-23-11-17(4)16(3)10-22(23)27-26(29)31-24/h7-13H,1-6H3/b24-13-. The highest BCUT2D eigenvalue weighted by molar-refractivity contribution is 7.15. The molecular weight excluding hydrogens is 402 g/mol. The number of benzene rings is 2. The van der Waals surface area contributed by atoms with E-state index in [9.17, 15) is 4.79 Å². The Morgan fingerprint density at radius 1 is 0.871 bits per heavy atom. The van der Waals surface area contributed by atoms with E-state index in [-0.39, 0.29) is 5.56 Å². The van der Waals surface area contributed by atoms with E-state index in [1.54, 1.807) is 4.40 Å². The minimum Gasteiger partial charge on any atom is -0.318 e. The zero-order valence-corrected chi connectivity index (χ0v) is 19.5. The molecule has 4 nitrogen and oxygen atoms in total. The Labute approximate surface area is 185 Å². The summed E-state index contributed by atoms with van der Waals surface area (Å²) in [6.45, 7) is 12.6. The first-order valence-corrected chi connectivity index (χ1v) is 11.3. The average Bonchev–Trinajstić information content (AvgIpc) is 3.27. The van der Waals surface area contributed by atoms with Gasteiger partial charge in [0.1, 0.15) is 0 Å². The fraction of sp³-hybridized carbons (Fsp3) is 0.231. The van der Waals surface area contributed by atoms with Crippen molar-refractivity contribution in [1.82, 2.24) is 14.0 Å². The van der Waals surface area contributed by atoms with Gasteiger partial charge in [-0.2, -0.15) is 0 Å². The fourth-order valence-electron chi connectivity index (χ4n) is 4.47. The van der Waals surface area contributed by atoms with Crippen molar-refractivity contribution in [3.05, 3.63) is 90.5 Å². The van der Waals surface area contributed by atoms with Gasteiger partial charge < -0.3 is 4.57 Å². The van der Waals surface area contributed by atoms with Crippen LogP contribution in [0, 0.1) is 41.5 Å². The quantitative estimate of drug-likeness (QED) is 0.393. The molecule has 0 bridgehead atoms. The monoisotopic (exact) mass is 427 g/mol. The van der Waals surface area contributed by atoms with Crippen LogP contribution in [0.5, 0.6) is 0 Å². The summed E-state index contributed by atoms with van der Waals surface area (Å²) < 4.78 is 4.72. The largest absolute Gasteiger partial charge is 0.318 e. The molecule has 5 rings (SSSR count). The van der Waals surface area contributed by atoms with Crippen LogP contribution in [0.25, 0.3) is 27.8 Å². The Morgan fingerprint density at radius 3 is 2.26 bits per heavy atom. The van der Waals surface area contributed by atoms with Gasteiger partial charge in [-0.3, -0.25) is 4.79 Å². The summed E-state index contributed by atoms with van der Waals surface area (Å²) in [5.41, 5.74) is 11.1. The first-order valence-electron chi connectivity index (χ1n) is 10.4. The third kappa shape index (κ3) is 3.12. The Bertz CT molecular complexity index is 1590. The number of imidazole rings is 1. The maximum Gasteiger partial charge on any atom is 0.274 e. The second kappa shape index (κ2) is 6.92. The van der Waals surface area contributed by atoms with Crippen LogP contribution in [0.3, 0.4) is 0 Å². The van der Waals surface area contributed by atoms with E-state index in [1.807, 2.05) is 6.08 Å². The normalized spacial score (nSPS) is 12.5. The number of nitrogens with zero attached hydrogens (tertiary/aromatic N) is 3. The molecule has 2 aromatic carbocycles. The van der Waals surface area contributed by atoms with Gasteiger partial charge in [-0.1, -0.05) is 17.4 Å². The molecule has 0 aliphatic rings. The van der Waals surface area contributed by atoms with Gasteiger partial charge in [-0.05, 0) is 106 Å². The van der Waals surface area contributed by atoms with Crippen molar-refractivity contribution in [3.63, 3.8) is 0 Å². The van der Waals surface area contributed by atoms with E-state index in [1.165, 1.54) is 33.6 Å². The summed E-state index contributed by atoms with van der Waals surface area (Å²) in [6, 6.07) is 12.9. The summed E-state index contributed by atoms with van der Waals surface area (Å²) in [7, 11) is 0. The second-order valence-corrected chi connectivity index (χ2v) is 9.59. The van der Waals surface area contributed by atoms with Crippen molar-refractivity contribution in [2.24, 2.45) is 0 Å². The summed E-state index contributed by atoms with van der Waals surface area (Å²) in [5.74, 6) is 0.